The van der Waals surface area contributed by atoms with Gasteiger partial charge in [0.2, 0.25) is 5.90 Å². The molecule has 3 aliphatic rings. The molecule has 0 unspecified atom stereocenters. The van der Waals surface area contributed by atoms with E-state index in [-0.39, 0.29) is 11.5 Å². The molecule has 0 aliphatic carbocycles. The minimum Gasteiger partial charge on any atom is -0.475 e. The van der Waals surface area contributed by atoms with Gasteiger partial charge in [-0.1, -0.05) is 39.0 Å². The van der Waals surface area contributed by atoms with E-state index < -0.39 is 0 Å². The van der Waals surface area contributed by atoms with Gasteiger partial charge in [0.25, 0.3) is 0 Å². The van der Waals surface area contributed by atoms with Gasteiger partial charge in [0, 0.05) is 18.2 Å². The van der Waals surface area contributed by atoms with Crippen LogP contribution in [0.25, 0.3) is 5.70 Å². The molecule has 0 saturated carbocycles. The quantitative estimate of drug-likeness (QED) is 0.759. The van der Waals surface area contributed by atoms with Crippen LogP contribution in [0.5, 0.6) is 0 Å². The topological polar surface area (TPSA) is 52.5 Å². The molecule has 0 N–H and O–H groups in total. The Kier molecular flexibility index (Phi) is 6.23. The van der Waals surface area contributed by atoms with Crippen LogP contribution in [0.3, 0.4) is 0 Å². The number of hydrogen-bond acceptors (Lipinski definition) is 6. The molecule has 1 aromatic rings. The molecule has 158 valence electrons. The van der Waals surface area contributed by atoms with E-state index >= 15 is 0 Å². The maximum absolute atomic E-state index is 5.92. The first-order valence-electron chi connectivity index (χ1n) is 10.5. The molecule has 3 heterocycles. The lowest BCUT2D eigenvalue weighted by atomic mass is 9.94. The summed E-state index contributed by atoms with van der Waals surface area (Å²) >= 11 is 0. The average molecular weight is 401 g/mol. The summed E-state index contributed by atoms with van der Waals surface area (Å²) in [6.07, 6.45) is 3.07. The van der Waals surface area contributed by atoms with Gasteiger partial charge in [0.15, 0.2) is 0 Å². The van der Waals surface area contributed by atoms with Gasteiger partial charge >= 0.3 is 0 Å². The molecule has 4 rings (SSSR count). The van der Waals surface area contributed by atoms with Gasteiger partial charge in [0.1, 0.15) is 19.4 Å². The minimum absolute atomic E-state index is 0.0165. The van der Waals surface area contributed by atoms with E-state index in [1.54, 1.807) is 0 Å². The largest absolute Gasteiger partial charge is 0.475 e. The maximum atomic E-state index is 5.92. The monoisotopic (exact) mass is 400 g/mol. The van der Waals surface area contributed by atoms with Crippen molar-refractivity contribution < 1.29 is 18.9 Å². The van der Waals surface area contributed by atoms with Crippen molar-refractivity contribution in [1.82, 2.24) is 4.90 Å². The Balaban J connectivity index is 1.41. The highest BCUT2D eigenvalue weighted by Crippen LogP contribution is 2.31. The van der Waals surface area contributed by atoms with Gasteiger partial charge in [-0.05, 0) is 23.0 Å². The molecule has 1 atom stereocenters. The second-order valence-electron chi connectivity index (χ2n) is 9.10. The Morgan fingerprint density at radius 2 is 2.14 bits per heavy atom. The normalized spacial score (nSPS) is 21.8. The number of ether oxygens (including phenoxy) is 4. The molecule has 3 aliphatic heterocycles. The SMILES string of the molecule is CC(C)(C)COCc1ccc2c(c1)CCN1CN=C(OC[C@@H]3COCCO3)C=C21. The third kappa shape index (κ3) is 5.38. The zero-order valence-corrected chi connectivity index (χ0v) is 17.8. The van der Waals surface area contributed by atoms with E-state index in [1.165, 1.54) is 22.4 Å². The van der Waals surface area contributed by atoms with Crippen LogP contribution in [0.4, 0.5) is 0 Å². The maximum Gasteiger partial charge on any atom is 0.212 e. The van der Waals surface area contributed by atoms with Crippen molar-refractivity contribution in [2.24, 2.45) is 10.4 Å². The molecule has 6 heteroatoms. The Morgan fingerprint density at radius 1 is 1.24 bits per heavy atom. The Morgan fingerprint density at radius 3 is 2.93 bits per heavy atom. The standard InChI is InChI=1S/C23H32N2O4/c1-23(2,3)15-27-12-17-4-5-20-18(10-17)6-7-25-16-24-22(11-21(20)25)29-14-19-13-26-8-9-28-19/h4-5,10-11,19H,6-9,12-16H2,1-3H3/t19-/m0/s1. The predicted molar refractivity (Wildman–Crippen MR) is 113 cm³/mol. The molecule has 1 saturated heterocycles. The second-order valence-corrected chi connectivity index (χ2v) is 9.10. The lowest BCUT2D eigenvalue weighted by Crippen LogP contribution is -2.35. The first-order chi connectivity index (χ1) is 14.0. The molecule has 0 aromatic heterocycles. The molecule has 1 aromatic carbocycles. The summed E-state index contributed by atoms with van der Waals surface area (Å²) in [6, 6.07) is 6.67. The fourth-order valence-electron chi connectivity index (χ4n) is 3.75. The van der Waals surface area contributed by atoms with Gasteiger partial charge < -0.3 is 23.8 Å². The van der Waals surface area contributed by atoms with E-state index in [9.17, 15) is 0 Å². The summed E-state index contributed by atoms with van der Waals surface area (Å²) in [7, 11) is 0. The lowest BCUT2D eigenvalue weighted by Gasteiger charge is -2.34. The highest BCUT2D eigenvalue weighted by Gasteiger charge is 2.25. The lowest BCUT2D eigenvalue weighted by molar-refractivity contribution is -0.103. The summed E-state index contributed by atoms with van der Waals surface area (Å²) in [5, 5.41) is 0. The van der Waals surface area contributed by atoms with Crippen molar-refractivity contribution in [3.8, 4) is 0 Å². The summed E-state index contributed by atoms with van der Waals surface area (Å²) in [6.45, 7) is 12.0. The Hall–Kier alpha value is -1.89. The zero-order chi connectivity index (χ0) is 20.3. The van der Waals surface area contributed by atoms with Crippen molar-refractivity contribution in [3.05, 3.63) is 41.0 Å². The number of hydrogen-bond donors (Lipinski definition) is 0. The molecular weight excluding hydrogens is 368 g/mol. The fourth-order valence-corrected chi connectivity index (χ4v) is 3.75. The van der Waals surface area contributed by atoms with Crippen LogP contribution in [0.15, 0.2) is 29.3 Å². The summed E-state index contributed by atoms with van der Waals surface area (Å²) in [5.41, 5.74) is 5.25. The van der Waals surface area contributed by atoms with Crippen molar-refractivity contribution in [1.29, 1.82) is 0 Å². The summed E-state index contributed by atoms with van der Waals surface area (Å²) in [5.74, 6) is 0.677. The Bertz CT molecular complexity index is 776. The summed E-state index contributed by atoms with van der Waals surface area (Å²) in [4.78, 5) is 6.89. The minimum atomic E-state index is -0.0165. The molecule has 1 fully saturated rings. The average Bonchev–Trinajstić information content (AvgIpc) is 2.71. The molecular formula is C23H32N2O4. The molecule has 0 radical (unpaired) electrons. The molecule has 0 amide bonds. The van der Waals surface area contributed by atoms with Crippen LogP contribution in [-0.2, 0) is 32.0 Å². The van der Waals surface area contributed by atoms with Gasteiger partial charge in [-0.25, -0.2) is 4.99 Å². The second kappa shape index (κ2) is 8.86. The van der Waals surface area contributed by atoms with Gasteiger partial charge in [-0.15, -0.1) is 0 Å². The molecule has 29 heavy (non-hydrogen) atoms. The van der Waals surface area contributed by atoms with E-state index in [2.05, 4.69) is 54.9 Å². The Labute approximate surface area is 173 Å². The smallest absolute Gasteiger partial charge is 0.212 e. The van der Waals surface area contributed by atoms with Crippen LogP contribution >= 0.6 is 0 Å². The number of rotatable bonds is 5. The van der Waals surface area contributed by atoms with E-state index in [0.29, 0.717) is 45.6 Å². The van der Waals surface area contributed by atoms with E-state index in [0.717, 1.165) is 19.6 Å². The number of fused-ring (bicyclic) bond motifs is 3. The third-order valence-electron chi connectivity index (χ3n) is 5.20. The van der Waals surface area contributed by atoms with Gasteiger partial charge in [0.05, 0.1) is 38.7 Å². The van der Waals surface area contributed by atoms with Crippen molar-refractivity contribution in [2.75, 3.05) is 46.2 Å². The number of benzene rings is 1. The van der Waals surface area contributed by atoms with E-state index in [4.69, 9.17) is 18.9 Å². The van der Waals surface area contributed by atoms with Crippen molar-refractivity contribution >= 4 is 11.6 Å². The highest BCUT2D eigenvalue weighted by molar-refractivity contribution is 5.96. The van der Waals surface area contributed by atoms with Crippen LogP contribution in [-0.4, -0.2) is 63.1 Å². The van der Waals surface area contributed by atoms with Crippen LogP contribution in [0, 0.1) is 5.41 Å². The first-order valence-corrected chi connectivity index (χ1v) is 10.5. The van der Waals surface area contributed by atoms with Crippen molar-refractivity contribution in [2.45, 2.75) is 39.9 Å². The number of nitrogens with zero attached hydrogens (tertiary/aromatic N) is 2. The van der Waals surface area contributed by atoms with Gasteiger partial charge in [-0.2, -0.15) is 0 Å². The van der Waals surface area contributed by atoms with E-state index in [1.807, 2.05) is 0 Å². The summed E-state index contributed by atoms with van der Waals surface area (Å²) < 4.78 is 22.9. The van der Waals surface area contributed by atoms with Crippen LogP contribution in [0.1, 0.15) is 37.5 Å². The highest BCUT2D eigenvalue weighted by atomic mass is 16.6. The van der Waals surface area contributed by atoms with Crippen molar-refractivity contribution in [3.63, 3.8) is 0 Å². The first kappa shape index (κ1) is 20.4. The predicted octanol–water partition coefficient (Wildman–Crippen LogP) is 3.25. The van der Waals surface area contributed by atoms with Crippen LogP contribution in [0.2, 0.25) is 0 Å². The molecule has 0 bridgehead atoms. The zero-order valence-electron chi connectivity index (χ0n) is 17.8. The number of aliphatic imine (C=N–C) groups is 1. The van der Waals surface area contributed by atoms with Crippen LogP contribution < -0.4 is 0 Å². The third-order valence-corrected chi connectivity index (χ3v) is 5.20. The fraction of sp³-hybridized carbons (Fsp3) is 0.609. The molecule has 0 spiro atoms. The van der Waals surface area contributed by atoms with Gasteiger partial charge in [-0.3, -0.25) is 0 Å². The molecule has 6 nitrogen and oxygen atoms in total.